The van der Waals surface area contributed by atoms with Crippen LogP contribution in [0.15, 0.2) is 60.7 Å². The molecule has 2 nitrogen and oxygen atoms in total. The molecule has 5 rings (SSSR count). The van der Waals surface area contributed by atoms with Crippen LogP contribution in [-0.4, -0.2) is 4.98 Å². The van der Waals surface area contributed by atoms with Crippen LogP contribution in [0, 0.1) is 29.2 Å². The number of allylic oxidation sites excluding steroid dienone is 2. The fourth-order valence-electron chi connectivity index (χ4n) is 4.91. The van der Waals surface area contributed by atoms with Gasteiger partial charge in [-0.3, -0.25) is 0 Å². The number of hydrogen-bond donors (Lipinski definition) is 0. The van der Waals surface area contributed by atoms with Crippen LogP contribution in [-0.2, 0) is 6.11 Å². The minimum Gasteiger partial charge on any atom is -0.429 e. The molecule has 1 aromatic heterocycles. The number of rotatable bonds is 6. The normalized spacial score (nSPS) is 18.4. The molecule has 0 bridgehead atoms. The standard InChI is InChI=1S/C29H23F6NOS/c1-2-3-16-4-6-17(7-5-16)18-9-11-25-26(13-18)38-28(36-25)19-8-10-21(22(30)12-19)29(34,35)37-20-14-23(31)27(33)24(32)15-20/h2-3,8-17H,4-7H2,1H3/b3-2+. The van der Waals surface area contributed by atoms with Gasteiger partial charge in [-0.05, 0) is 74.3 Å². The Morgan fingerprint density at radius 1 is 0.895 bits per heavy atom. The maximum Gasteiger partial charge on any atom is 0.429 e. The SMILES string of the molecule is C/C=C/C1CCC(c2ccc3nc(-c4ccc(C(F)(F)Oc5cc(F)c(F)c(F)c5)c(F)c4)sc3c2)CC1. The van der Waals surface area contributed by atoms with Crippen molar-refractivity contribution in [2.45, 2.75) is 44.6 Å². The highest BCUT2D eigenvalue weighted by molar-refractivity contribution is 7.21. The first kappa shape index (κ1) is 26.3. The van der Waals surface area contributed by atoms with E-state index in [0.717, 1.165) is 48.0 Å². The lowest BCUT2D eigenvalue weighted by Gasteiger charge is -2.27. The highest BCUT2D eigenvalue weighted by atomic mass is 32.1. The quantitative estimate of drug-likeness (QED) is 0.136. The lowest BCUT2D eigenvalue weighted by Crippen LogP contribution is -2.23. The van der Waals surface area contributed by atoms with Gasteiger partial charge in [-0.25, -0.2) is 22.5 Å². The molecule has 1 fully saturated rings. The van der Waals surface area contributed by atoms with Crippen LogP contribution < -0.4 is 4.74 Å². The fraction of sp³-hybridized carbons (Fsp3) is 0.276. The van der Waals surface area contributed by atoms with E-state index in [0.29, 0.717) is 22.4 Å². The number of nitrogens with zero attached hydrogens (tertiary/aromatic N) is 1. The molecule has 3 aromatic carbocycles. The van der Waals surface area contributed by atoms with Crippen molar-refractivity contribution in [3.05, 3.63) is 95.1 Å². The van der Waals surface area contributed by atoms with Gasteiger partial charge in [-0.15, -0.1) is 11.3 Å². The van der Waals surface area contributed by atoms with Crippen molar-refractivity contribution in [1.29, 1.82) is 0 Å². The molecule has 0 amide bonds. The molecule has 1 aliphatic carbocycles. The number of benzene rings is 3. The zero-order valence-corrected chi connectivity index (χ0v) is 21.1. The van der Waals surface area contributed by atoms with Crippen LogP contribution in [0.2, 0.25) is 0 Å². The van der Waals surface area contributed by atoms with E-state index >= 15 is 0 Å². The predicted octanol–water partition coefficient (Wildman–Crippen LogP) is 9.50. The first-order valence-corrected chi connectivity index (χ1v) is 13.0. The Hall–Kier alpha value is -3.33. The van der Waals surface area contributed by atoms with E-state index in [1.807, 2.05) is 13.0 Å². The van der Waals surface area contributed by atoms with Gasteiger partial charge in [-0.1, -0.05) is 24.3 Å². The molecule has 0 aliphatic heterocycles. The Balaban J connectivity index is 1.36. The Labute approximate surface area is 219 Å². The summed E-state index contributed by atoms with van der Waals surface area (Å²) in [4.78, 5) is 4.54. The molecule has 0 spiro atoms. The smallest absolute Gasteiger partial charge is 0.429 e. The van der Waals surface area contributed by atoms with Crippen molar-refractivity contribution in [1.82, 2.24) is 4.98 Å². The van der Waals surface area contributed by atoms with Crippen LogP contribution in [0.4, 0.5) is 26.3 Å². The minimum absolute atomic E-state index is 0.266. The van der Waals surface area contributed by atoms with Gasteiger partial charge >= 0.3 is 6.11 Å². The van der Waals surface area contributed by atoms with Crippen LogP contribution in [0.25, 0.3) is 20.8 Å². The van der Waals surface area contributed by atoms with Crippen molar-refractivity contribution in [3.63, 3.8) is 0 Å². The summed E-state index contributed by atoms with van der Waals surface area (Å²) in [7, 11) is 0. The van der Waals surface area contributed by atoms with Gasteiger partial charge in [0.2, 0.25) is 0 Å². The average Bonchev–Trinajstić information content (AvgIpc) is 3.31. The van der Waals surface area contributed by atoms with E-state index in [4.69, 9.17) is 0 Å². The number of halogens is 6. The van der Waals surface area contributed by atoms with Crippen molar-refractivity contribution >= 4 is 21.6 Å². The summed E-state index contributed by atoms with van der Waals surface area (Å²) in [5.74, 6) is -6.40. The molecule has 0 N–H and O–H groups in total. The number of hydrogen-bond acceptors (Lipinski definition) is 3. The van der Waals surface area contributed by atoms with Gasteiger partial charge < -0.3 is 4.74 Å². The molecular weight excluding hydrogens is 524 g/mol. The highest BCUT2D eigenvalue weighted by Gasteiger charge is 2.38. The molecule has 0 saturated heterocycles. The van der Waals surface area contributed by atoms with Gasteiger partial charge in [0.1, 0.15) is 16.6 Å². The molecule has 1 heterocycles. The Morgan fingerprint density at radius 3 is 2.26 bits per heavy atom. The zero-order valence-electron chi connectivity index (χ0n) is 20.3. The van der Waals surface area contributed by atoms with Gasteiger partial charge in [0.25, 0.3) is 0 Å². The van der Waals surface area contributed by atoms with Crippen LogP contribution in [0.1, 0.15) is 49.7 Å². The van der Waals surface area contributed by atoms with Crippen LogP contribution in [0.3, 0.4) is 0 Å². The lowest BCUT2D eigenvalue weighted by atomic mass is 9.78. The summed E-state index contributed by atoms with van der Waals surface area (Å²) in [6.07, 6.45) is 4.60. The third-order valence-corrected chi connectivity index (χ3v) is 7.92. The number of alkyl halides is 2. The third kappa shape index (κ3) is 5.29. The van der Waals surface area contributed by atoms with Crippen LogP contribution >= 0.6 is 11.3 Å². The van der Waals surface area contributed by atoms with E-state index in [1.54, 1.807) is 0 Å². The van der Waals surface area contributed by atoms with Crippen molar-refractivity contribution < 1.29 is 31.1 Å². The number of thiazole rings is 1. The second-order valence-electron chi connectivity index (χ2n) is 9.40. The summed E-state index contributed by atoms with van der Waals surface area (Å²) in [5.41, 5.74) is 1.13. The van der Waals surface area contributed by atoms with E-state index in [2.05, 4.69) is 34.0 Å². The van der Waals surface area contributed by atoms with Crippen molar-refractivity contribution in [3.8, 4) is 16.3 Å². The van der Waals surface area contributed by atoms with Gasteiger partial charge in [0.05, 0.1) is 15.8 Å². The molecule has 0 unspecified atom stereocenters. The molecule has 0 atom stereocenters. The maximum absolute atomic E-state index is 14.8. The minimum atomic E-state index is -4.27. The van der Waals surface area contributed by atoms with E-state index in [1.165, 1.54) is 23.0 Å². The van der Waals surface area contributed by atoms with Crippen molar-refractivity contribution in [2.75, 3.05) is 0 Å². The van der Waals surface area contributed by atoms with Gasteiger partial charge in [0, 0.05) is 17.7 Å². The Bertz CT molecular complexity index is 1480. The highest BCUT2D eigenvalue weighted by Crippen LogP contribution is 2.40. The molecule has 38 heavy (non-hydrogen) atoms. The first-order valence-electron chi connectivity index (χ1n) is 12.2. The zero-order chi connectivity index (χ0) is 27.0. The predicted molar refractivity (Wildman–Crippen MR) is 135 cm³/mol. The van der Waals surface area contributed by atoms with Gasteiger partial charge in [0.15, 0.2) is 17.5 Å². The summed E-state index contributed by atoms with van der Waals surface area (Å²) < 4.78 is 89.2. The molecule has 0 radical (unpaired) electrons. The number of aromatic nitrogens is 1. The fourth-order valence-corrected chi connectivity index (χ4v) is 5.92. The van der Waals surface area contributed by atoms with E-state index < -0.39 is 40.7 Å². The second-order valence-corrected chi connectivity index (χ2v) is 10.4. The Kier molecular flexibility index (Phi) is 7.22. The molecular formula is C29H23F6NOS. The molecule has 1 aliphatic rings. The largest absolute Gasteiger partial charge is 0.429 e. The monoisotopic (exact) mass is 547 g/mol. The first-order chi connectivity index (χ1) is 18.1. The number of fused-ring (bicyclic) bond motifs is 1. The second kappa shape index (κ2) is 10.4. The summed E-state index contributed by atoms with van der Waals surface area (Å²) in [6.45, 7) is 2.04. The molecule has 198 valence electrons. The third-order valence-electron chi connectivity index (χ3n) is 6.85. The van der Waals surface area contributed by atoms with Gasteiger partial charge in [-0.2, -0.15) is 8.78 Å². The summed E-state index contributed by atoms with van der Waals surface area (Å²) in [5, 5.41) is 0.464. The average molecular weight is 548 g/mol. The molecule has 4 aromatic rings. The topological polar surface area (TPSA) is 22.1 Å². The lowest BCUT2D eigenvalue weighted by molar-refractivity contribution is -0.187. The maximum atomic E-state index is 14.8. The molecule has 1 saturated carbocycles. The summed E-state index contributed by atoms with van der Waals surface area (Å²) >= 11 is 1.34. The molecule has 9 heteroatoms. The Morgan fingerprint density at radius 2 is 1.61 bits per heavy atom. The van der Waals surface area contributed by atoms with Crippen molar-refractivity contribution in [2.24, 2.45) is 5.92 Å². The van der Waals surface area contributed by atoms with E-state index in [9.17, 15) is 26.3 Å². The van der Waals surface area contributed by atoms with E-state index in [-0.39, 0.29) is 12.1 Å². The number of ether oxygens (including phenoxy) is 1. The van der Waals surface area contributed by atoms with Crippen LogP contribution in [0.5, 0.6) is 5.75 Å². The summed E-state index contributed by atoms with van der Waals surface area (Å²) in [6, 6.07) is 9.66.